The number of pyridine rings is 1. The summed E-state index contributed by atoms with van der Waals surface area (Å²) in [7, 11) is 0. The number of aromatic nitrogens is 1. The molecule has 0 aliphatic carbocycles. The predicted molar refractivity (Wildman–Crippen MR) is 102 cm³/mol. The summed E-state index contributed by atoms with van der Waals surface area (Å²) in [6.07, 6.45) is 2.48. The molecule has 3 aromatic rings. The van der Waals surface area contributed by atoms with Gasteiger partial charge < -0.3 is 9.67 Å². The molecule has 0 bridgehead atoms. The molecule has 0 spiro atoms. The fourth-order valence-corrected chi connectivity index (χ4v) is 3.71. The minimum Gasteiger partial charge on any atom is -0.503 e. The first kappa shape index (κ1) is 16.6. The van der Waals surface area contributed by atoms with E-state index in [0.717, 1.165) is 25.2 Å². The lowest BCUT2D eigenvalue weighted by Gasteiger charge is -2.37. The van der Waals surface area contributed by atoms with Gasteiger partial charge in [0.15, 0.2) is 5.75 Å². The van der Waals surface area contributed by atoms with E-state index in [9.17, 15) is 9.90 Å². The third kappa shape index (κ3) is 3.41. The van der Waals surface area contributed by atoms with Gasteiger partial charge in [0.2, 0.25) is 5.43 Å². The van der Waals surface area contributed by atoms with Crippen LogP contribution in [-0.4, -0.2) is 21.1 Å². The third-order valence-corrected chi connectivity index (χ3v) is 5.09. The van der Waals surface area contributed by atoms with Gasteiger partial charge in [-0.15, -0.1) is 0 Å². The Morgan fingerprint density at radius 2 is 1.65 bits per heavy atom. The van der Waals surface area contributed by atoms with Gasteiger partial charge >= 0.3 is 0 Å². The van der Waals surface area contributed by atoms with Crippen LogP contribution in [0.1, 0.15) is 22.9 Å². The quantitative estimate of drug-likeness (QED) is 0.788. The van der Waals surface area contributed by atoms with Crippen LogP contribution in [0.3, 0.4) is 0 Å². The van der Waals surface area contributed by atoms with Crippen LogP contribution in [0, 0.1) is 0 Å². The highest BCUT2D eigenvalue weighted by Crippen LogP contribution is 2.28. The monoisotopic (exact) mass is 346 g/mol. The Hall–Kier alpha value is -2.85. The number of aromatic hydroxyl groups is 1. The summed E-state index contributed by atoms with van der Waals surface area (Å²) in [5.41, 5.74) is 3.23. The van der Waals surface area contributed by atoms with Gasteiger partial charge in [-0.1, -0.05) is 60.7 Å². The SMILES string of the molecule is O=c1cc2n(cc1O)CCN(C(Cc1ccccc1)c1ccccc1)C2. The van der Waals surface area contributed by atoms with Crippen molar-refractivity contribution in [2.75, 3.05) is 6.54 Å². The van der Waals surface area contributed by atoms with Crippen LogP contribution in [0.5, 0.6) is 5.75 Å². The molecule has 1 N–H and O–H groups in total. The molecule has 4 heteroatoms. The Morgan fingerprint density at radius 1 is 0.962 bits per heavy atom. The van der Waals surface area contributed by atoms with Crippen molar-refractivity contribution in [1.29, 1.82) is 0 Å². The number of fused-ring (bicyclic) bond motifs is 1. The van der Waals surface area contributed by atoms with E-state index in [-0.39, 0.29) is 17.2 Å². The summed E-state index contributed by atoms with van der Waals surface area (Å²) in [4.78, 5) is 14.3. The second-order valence-corrected chi connectivity index (χ2v) is 6.79. The summed E-state index contributed by atoms with van der Waals surface area (Å²) >= 11 is 0. The standard InChI is InChI=1S/C22H22N2O2/c25-21-14-19-15-24(12-11-23(19)16-22(21)26)20(18-9-5-2-6-10-18)13-17-7-3-1-4-8-17/h1-10,14,16,20,26H,11-13,15H2. The molecule has 0 fully saturated rings. The zero-order chi connectivity index (χ0) is 17.9. The molecule has 0 radical (unpaired) electrons. The molecular formula is C22H22N2O2. The van der Waals surface area contributed by atoms with E-state index in [2.05, 4.69) is 53.4 Å². The number of hydrogen-bond donors (Lipinski definition) is 1. The highest BCUT2D eigenvalue weighted by atomic mass is 16.3. The lowest BCUT2D eigenvalue weighted by atomic mass is 9.96. The smallest absolute Gasteiger partial charge is 0.223 e. The van der Waals surface area contributed by atoms with E-state index in [4.69, 9.17) is 0 Å². The van der Waals surface area contributed by atoms with Crippen LogP contribution in [0.15, 0.2) is 77.7 Å². The Kier molecular flexibility index (Phi) is 4.59. The van der Waals surface area contributed by atoms with Gasteiger partial charge in [-0.25, -0.2) is 0 Å². The van der Waals surface area contributed by atoms with Crippen molar-refractivity contribution in [3.05, 3.63) is 100.0 Å². The van der Waals surface area contributed by atoms with Crippen molar-refractivity contribution in [2.24, 2.45) is 0 Å². The van der Waals surface area contributed by atoms with Crippen LogP contribution >= 0.6 is 0 Å². The van der Waals surface area contributed by atoms with Crippen molar-refractivity contribution in [1.82, 2.24) is 9.47 Å². The maximum atomic E-state index is 11.8. The van der Waals surface area contributed by atoms with Crippen LogP contribution in [0.2, 0.25) is 0 Å². The maximum Gasteiger partial charge on any atom is 0.223 e. The minimum atomic E-state index is -0.308. The van der Waals surface area contributed by atoms with Gasteiger partial charge in [0.1, 0.15) is 0 Å². The number of hydrogen-bond acceptors (Lipinski definition) is 3. The normalized spacial score (nSPS) is 15.4. The second-order valence-electron chi connectivity index (χ2n) is 6.79. The highest BCUT2D eigenvalue weighted by Gasteiger charge is 2.25. The van der Waals surface area contributed by atoms with Crippen molar-refractivity contribution in [2.45, 2.75) is 25.6 Å². The van der Waals surface area contributed by atoms with E-state index in [0.29, 0.717) is 6.54 Å². The van der Waals surface area contributed by atoms with Crippen LogP contribution in [-0.2, 0) is 19.5 Å². The first-order chi connectivity index (χ1) is 12.7. The molecule has 1 aliphatic heterocycles. The molecule has 0 saturated heterocycles. The minimum absolute atomic E-state index is 0.175. The molecule has 0 saturated carbocycles. The fourth-order valence-electron chi connectivity index (χ4n) is 3.71. The van der Waals surface area contributed by atoms with Gasteiger partial charge in [-0.2, -0.15) is 0 Å². The first-order valence-electron chi connectivity index (χ1n) is 8.96. The Morgan fingerprint density at radius 3 is 2.38 bits per heavy atom. The van der Waals surface area contributed by atoms with Gasteiger partial charge in [-0.05, 0) is 17.5 Å². The summed E-state index contributed by atoms with van der Waals surface area (Å²) in [5.74, 6) is -0.175. The molecule has 1 atom stereocenters. The van der Waals surface area contributed by atoms with E-state index < -0.39 is 0 Å². The second kappa shape index (κ2) is 7.18. The zero-order valence-electron chi connectivity index (χ0n) is 14.6. The highest BCUT2D eigenvalue weighted by molar-refractivity contribution is 5.26. The molecule has 1 unspecified atom stereocenters. The number of rotatable bonds is 4. The average molecular weight is 346 g/mol. The molecule has 2 heterocycles. The van der Waals surface area contributed by atoms with E-state index in [1.165, 1.54) is 11.1 Å². The molecule has 1 aliphatic rings. The van der Waals surface area contributed by atoms with Crippen molar-refractivity contribution in [3.8, 4) is 5.75 Å². The van der Waals surface area contributed by atoms with Crippen molar-refractivity contribution < 1.29 is 5.11 Å². The Labute approximate surface area is 153 Å². The van der Waals surface area contributed by atoms with E-state index in [1.807, 2.05) is 16.7 Å². The third-order valence-electron chi connectivity index (χ3n) is 5.09. The maximum absolute atomic E-state index is 11.8. The first-order valence-corrected chi connectivity index (χ1v) is 8.96. The Balaban J connectivity index is 1.66. The molecule has 4 nitrogen and oxygen atoms in total. The van der Waals surface area contributed by atoms with Crippen molar-refractivity contribution in [3.63, 3.8) is 0 Å². The van der Waals surface area contributed by atoms with Gasteiger partial charge in [0.25, 0.3) is 0 Å². The predicted octanol–water partition coefficient (Wildman–Crippen LogP) is 3.35. The molecule has 4 rings (SSSR count). The Bertz CT molecular complexity index is 935. The van der Waals surface area contributed by atoms with Gasteiger partial charge in [0.05, 0.1) is 6.20 Å². The van der Waals surface area contributed by atoms with Crippen LogP contribution in [0.4, 0.5) is 0 Å². The largest absolute Gasteiger partial charge is 0.503 e. The summed E-state index contributed by atoms with van der Waals surface area (Å²) in [5, 5.41) is 9.68. The van der Waals surface area contributed by atoms with Gasteiger partial charge in [-0.3, -0.25) is 9.69 Å². The number of nitrogens with zero attached hydrogens (tertiary/aromatic N) is 2. The lowest BCUT2D eigenvalue weighted by Crippen LogP contribution is -2.38. The average Bonchev–Trinajstić information content (AvgIpc) is 2.68. The van der Waals surface area contributed by atoms with E-state index >= 15 is 0 Å². The topological polar surface area (TPSA) is 45.5 Å². The molecule has 1 aromatic heterocycles. The number of benzene rings is 2. The van der Waals surface area contributed by atoms with Crippen LogP contribution in [0.25, 0.3) is 0 Å². The lowest BCUT2D eigenvalue weighted by molar-refractivity contribution is 0.152. The summed E-state index contributed by atoms with van der Waals surface area (Å²) in [6, 6.07) is 22.9. The van der Waals surface area contributed by atoms with Crippen LogP contribution < -0.4 is 5.43 Å². The molecule has 0 amide bonds. The molecule has 26 heavy (non-hydrogen) atoms. The zero-order valence-corrected chi connectivity index (χ0v) is 14.6. The fraction of sp³-hybridized carbons (Fsp3) is 0.227. The molecule has 132 valence electrons. The molecular weight excluding hydrogens is 324 g/mol. The summed E-state index contributed by atoms with van der Waals surface area (Å²) < 4.78 is 1.98. The summed E-state index contributed by atoms with van der Waals surface area (Å²) in [6.45, 7) is 2.34. The molecule has 2 aromatic carbocycles. The van der Waals surface area contributed by atoms with E-state index in [1.54, 1.807) is 12.3 Å². The van der Waals surface area contributed by atoms with Gasteiger partial charge in [0, 0.05) is 37.4 Å². The van der Waals surface area contributed by atoms with Crippen molar-refractivity contribution >= 4 is 0 Å².